The normalized spacial score (nSPS) is 15.5. The van der Waals surface area contributed by atoms with Gasteiger partial charge in [-0.15, -0.1) is 0 Å². The molecule has 1 amide bonds. The van der Waals surface area contributed by atoms with Gasteiger partial charge in [-0.3, -0.25) is 0 Å². The Balaban J connectivity index is 1.42. The fourth-order valence-electron chi connectivity index (χ4n) is 5.66. The van der Waals surface area contributed by atoms with Gasteiger partial charge in [0.1, 0.15) is 17.2 Å². The fourth-order valence-corrected chi connectivity index (χ4v) is 7.00. The van der Waals surface area contributed by atoms with Crippen LogP contribution in [0.4, 0.5) is 15.1 Å². The third-order valence-corrected chi connectivity index (χ3v) is 9.84. The van der Waals surface area contributed by atoms with E-state index in [0.29, 0.717) is 59.8 Å². The molecule has 1 N–H and O–H groups in total. The van der Waals surface area contributed by atoms with E-state index in [9.17, 15) is 13.2 Å². The molecule has 5 rings (SSSR count). The van der Waals surface area contributed by atoms with Crippen LogP contribution in [-0.2, 0) is 20.5 Å². The Morgan fingerprint density at radius 2 is 1.88 bits per heavy atom. The Morgan fingerprint density at radius 1 is 1.10 bits per heavy atom. The van der Waals surface area contributed by atoms with Gasteiger partial charge in [0.15, 0.2) is 0 Å². The molecule has 0 saturated carbocycles. The molecule has 0 radical (unpaired) electrons. The lowest BCUT2D eigenvalue weighted by molar-refractivity contribution is 0.0206. The number of piperidine rings is 1. The first kappa shape index (κ1) is 35.0. The summed E-state index contributed by atoms with van der Waals surface area (Å²) in [6.45, 7) is 10.7. The van der Waals surface area contributed by atoms with Crippen molar-refractivity contribution < 1.29 is 27.1 Å². The van der Waals surface area contributed by atoms with E-state index in [1.807, 2.05) is 40.7 Å². The van der Waals surface area contributed by atoms with Gasteiger partial charge >= 0.3 is 6.09 Å². The molecule has 0 spiro atoms. The molecular formula is C35H43FN6O5S. The van der Waals surface area contributed by atoms with E-state index >= 15 is 4.39 Å². The van der Waals surface area contributed by atoms with Crippen molar-refractivity contribution in [3.8, 4) is 22.9 Å². The maximum atomic E-state index is 15.2. The highest BCUT2D eigenvalue weighted by atomic mass is 32.2. The van der Waals surface area contributed by atoms with Gasteiger partial charge in [-0.2, -0.15) is 0 Å². The van der Waals surface area contributed by atoms with Crippen LogP contribution in [0.15, 0.2) is 54.9 Å². The number of ether oxygens (including phenoxy) is 2. The van der Waals surface area contributed by atoms with Gasteiger partial charge < -0.3 is 19.7 Å². The van der Waals surface area contributed by atoms with Gasteiger partial charge in [0.05, 0.1) is 17.0 Å². The number of fused-ring (bicyclic) bond motifs is 1. The number of halogens is 1. The van der Waals surface area contributed by atoms with Crippen LogP contribution in [0.25, 0.3) is 22.0 Å². The molecule has 0 unspecified atom stereocenters. The van der Waals surface area contributed by atoms with Crippen molar-refractivity contribution >= 4 is 32.8 Å². The SMILES string of the molecule is CCCN(C)S(=O)(=O)Cc1c(F)ccc2c(Oc3ncccc3-c3ccnc(N[C@H]4CCCN(C(=O)OC(C)(C)C)C4)n3)c(C)ccc12. The summed E-state index contributed by atoms with van der Waals surface area (Å²) in [5.74, 6) is 0.0288. The Kier molecular flexibility index (Phi) is 10.5. The van der Waals surface area contributed by atoms with E-state index in [4.69, 9.17) is 14.5 Å². The van der Waals surface area contributed by atoms with Gasteiger partial charge in [0.25, 0.3) is 0 Å². The molecule has 1 atom stereocenters. The highest BCUT2D eigenvalue weighted by molar-refractivity contribution is 7.88. The smallest absolute Gasteiger partial charge is 0.410 e. The first-order chi connectivity index (χ1) is 22.8. The minimum absolute atomic E-state index is 0.0652. The standard InChI is InChI=1S/C35H43FN6O5S/c1-7-19-41(6)48(44,45)22-28-25-13-12-23(2)31(26(25)14-15-29(28)36)46-32-27(11-8-17-37-32)30-16-18-38-33(40-30)39-24-10-9-20-42(21-24)34(43)47-35(3,4)5/h8,11-18,24H,7,9-10,19-22H2,1-6H3,(H,38,39,40)/t24-/m0/s1. The summed E-state index contributed by atoms with van der Waals surface area (Å²) in [6.07, 6.45) is 5.21. The number of pyridine rings is 1. The lowest BCUT2D eigenvalue weighted by Crippen LogP contribution is -2.47. The number of aromatic nitrogens is 3. The van der Waals surface area contributed by atoms with Crippen molar-refractivity contribution in [1.82, 2.24) is 24.2 Å². The number of likely N-dealkylation sites (tertiary alicyclic amines) is 1. The van der Waals surface area contributed by atoms with Crippen LogP contribution in [-0.4, -0.2) is 77.0 Å². The first-order valence-electron chi connectivity index (χ1n) is 16.1. The van der Waals surface area contributed by atoms with Crippen LogP contribution >= 0.6 is 0 Å². The second kappa shape index (κ2) is 14.4. The van der Waals surface area contributed by atoms with Crippen LogP contribution in [0.5, 0.6) is 11.6 Å². The molecule has 4 aromatic rings. The van der Waals surface area contributed by atoms with E-state index in [-0.39, 0.29) is 23.6 Å². The fraction of sp³-hybridized carbons (Fsp3) is 0.429. The summed E-state index contributed by atoms with van der Waals surface area (Å²) in [7, 11) is -2.24. The summed E-state index contributed by atoms with van der Waals surface area (Å²) in [6, 6.07) is 11.7. The molecule has 1 saturated heterocycles. The molecule has 2 aromatic carbocycles. The zero-order chi connectivity index (χ0) is 34.6. The molecule has 11 nitrogen and oxygen atoms in total. The van der Waals surface area contributed by atoms with Crippen LogP contribution in [0.2, 0.25) is 0 Å². The minimum atomic E-state index is -3.75. The number of hydrogen-bond donors (Lipinski definition) is 1. The third-order valence-electron chi connectivity index (χ3n) is 8.05. The molecule has 3 heterocycles. The average molecular weight is 679 g/mol. The lowest BCUT2D eigenvalue weighted by atomic mass is 10.0. The minimum Gasteiger partial charge on any atom is -0.444 e. The first-order valence-corrected chi connectivity index (χ1v) is 17.7. The Hall–Kier alpha value is -4.36. The number of anilines is 1. The molecule has 1 aliphatic heterocycles. The molecule has 1 fully saturated rings. The van der Waals surface area contributed by atoms with Gasteiger partial charge in [0, 0.05) is 56.1 Å². The second-order valence-corrected chi connectivity index (χ2v) is 15.1. The maximum Gasteiger partial charge on any atom is 0.410 e. The predicted molar refractivity (Wildman–Crippen MR) is 184 cm³/mol. The van der Waals surface area contributed by atoms with E-state index in [2.05, 4.69) is 15.3 Å². The Bertz CT molecular complexity index is 1900. The molecule has 48 heavy (non-hydrogen) atoms. The van der Waals surface area contributed by atoms with Crippen molar-refractivity contribution in [2.75, 3.05) is 32.0 Å². The summed E-state index contributed by atoms with van der Waals surface area (Å²) >= 11 is 0. The molecule has 256 valence electrons. The number of hydrogen-bond acceptors (Lipinski definition) is 9. The Morgan fingerprint density at radius 3 is 2.62 bits per heavy atom. The van der Waals surface area contributed by atoms with Gasteiger partial charge in [0.2, 0.25) is 21.9 Å². The van der Waals surface area contributed by atoms with Crippen LogP contribution in [0.1, 0.15) is 58.1 Å². The molecule has 2 aromatic heterocycles. The topological polar surface area (TPSA) is 127 Å². The van der Waals surface area contributed by atoms with Crippen molar-refractivity contribution in [1.29, 1.82) is 0 Å². The second-order valence-electron chi connectivity index (χ2n) is 13.0. The number of nitrogens with zero attached hydrogens (tertiary/aromatic N) is 5. The number of carbonyl (C=O) groups is 1. The molecule has 0 aliphatic carbocycles. The number of aryl methyl sites for hydroxylation is 1. The molecular weight excluding hydrogens is 635 g/mol. The summed E-state index contributed by atoms with van der Waals surface area (Å²) < 4.78 is 54.6. The summed E-state index contributed by atoms with van der Waals surface area (Å²) in [4.78, 5) is 28.1. The van der Waals surface area contributed by atoms with Crippen molar-refractivity contribution in [3.63, 3.8) is 0 Å². The van der Waals surface area contributed by atoms with E-state index in [0.717, 1.165) is 18.4 Å². The van der Waals surface area contributed by atoms with E-state index in [1.54, 1.807) is 47.6 Å². The largest absolute Gasteiger partial charge is 0.444 e. The summed E-state index contributed by atoms with van der Waals surface area (Å²) in [5, 5.41) is 4.38. The average Bonchev–Trinajstić information content (AvgIpc) is 3.03. The number of carbonyl (C=O) groups excluding carboxylic acids is 1. The van der Waals surface area contributed by atoms with E-state index < -0.39 is 27.2 Å². The van der Waals surface area contributed by atoms with Crippen LogP contribution < -0.4 is 10.1 Å². The van der Waals surface area contributed by atoms with Gasteiger partial charge in [-0.1, -0.05) is 19.1 Å². The lowest BCUT2D eigenvalue weighted by Gasteiger charge is -2.34. The highest BCUT2D eigenvalue weighted by Gasteiger charge is 2.28. The predicted octanol–water partition coefficient (Wildman–Crippen LogP) is 6.91. The van der Waals surface area contributed by atoms with Crippen molar-refractivity contribution in [2.24, 2.45) is 0 Å². The van der Waals surface area contributed by atoms with Crippen molar-refractivity contribution in [2.45, 2.75) is 71.3 Å². The maximum absolute atomic E-state index is 15.2. The Labute approximate surface area is 281 Å². The quantitative estimate of drug-likeness (QED) is 0.190. The molecule has 0 bridgehead atoms. The third kappa shape index (κ3) is 8.19. The molecule has 13 heteroatoms. The number of benzene rings is 2. The number of nitrogens with one attached hydrogen (secondary N) is 1. The van der Waals surface area contributed by atoms with Crippen molar-refractivity contribution in [3.05, 3.63) is 71.8 Å². The summed E-state index contributed by atoms with van der Waals surface area (Å²) in [5.41, 5.74) is 1.43. The highest BCUT2D eigenvalue weighted by Crippen LogP contribution is 2.38. The van der Waals surface area contributed by atoms with Crippen LogP contribution in [0, 0.1) is 12.7 Å². The van der Waals surface area contributed by atoms with Crippen LogP contribution in [0.3, 0.4) is 0 Å². The van der Waals surface area contributed by atoms with E-state index in [1.165, 1.54) is 17.4 Å². The number of sulfonamides is 1. The number of rotatable bonds is 10. The zero-order valence-electron chi connectivity index (χ0n) is 28.3. The van der Waals surface area contributed by atoms with Gasteiger partial charge in [-0.05, 0) is 88.2 Å². The van der Waals surface area contributed by atoms with Gasteiger partial charge in [-0.25, -0.2) is 36.9 Å². The molecule has 1 aliphatic rings. The number of amides is 1. The zero-order valence-corrected chi connectivity index (χ0v) is 29.1. The monoisotopic (exact) mass is 678 g/mol.